The molecule has 0 unspecified atom stereocenters. The van der Waals surface area contributed by atoms with Gasteiger partial charge < -0.3 is 5.73 Å². The molecular weight excluding hydrogens is 290 g/mol. The van der Waals surface area contributed by atoms with E-state index >= 15 is 0 Å². The van der Waals surface area contributed by atoms with Gasteiger partial charge in [-0.2, -0.15) is 0 Å². The van der Waals surface area contributed by atoms with Gasteiger partial charge in [0.15, 0.2) is 5.78 Å². The van der Waals surface area contributed by atoms with Crippen LogP contribution < -0.4 is 5.73 Å². The zero-order valence-corrected chi connectivity index (χ0v) is 14.8. The maximum absolute atomic E-state index is 11.6. The smallest absolute Gasteiger partial charge is 0.160 e. The van der Waals surface area contributed by atoms with Gasteiger partial charge in [-0.1, -0.05) is 56.8 Å². The molecule has 0 atom stereocenters. The molecule has 0 aromatic heterocycles. The highest BCUT2D eigenvalue weighted by Crippen LogP contribution is 2.33. The summed E-state index contributed by atoms with van der Waals surface area (Å²) in [6.07, 6.45) is 0. The van der Waals surface area contributed by atoms with E-state index in [0.29, 0.717) is 0 Å². The van der Waals surface area contributed by atoms with Crippen molar-refractivity contribution in [1.82, 2.24) is 0 Å². The summed E-state index contributed by atoms with van der Waals surface area (Å²) in [4.78, 5) is 13.6. The number of hydrogen-bond donors (Lipinski definition) is 1. The number of benzene rings is 2. The van der Waals surface area contributed by atoms with Crippen LogP contribution in [-0.4, -0.2) is 5.78 Å². The topological polar surface area (TPSA) is 43.1 Å². The molecule has 0 saturated heterocycles. The molecule has 22 heavy (non-hydrogen) atoms. The molecule has 0 saturated carbocycles. The van der Waals surface area contributed by atoms with E-state index in [-0.39, 0.29) is 5.78 Å². The fourth-order valence-corrected chi connectivity index (χ4v) is 2.82. The Bertz CT molecular complexity index is 632. The van der Waals surface area contributed by atoms with Crippen LogP contribution in [0.5, 0.6) is 0 Å². The van der Waals surface area contributed by atoms with E-state index in [2.05, 4.69) is 20.8 Å². The Balaban J connectivity index is 0.000000541. The Morgan fingerprint density at radius 2 is 1.64 bits per heavy atom. The summed E-state index contributed by atoms with van der Waals surface area (Å²) in [5, 5.41) is 0. The largest absolute Gasteiger partial charge is 0.399 e. The Hall–Kier alpha value is -1.74. The van der Waals surface area contributed by atoms with Gasteiger partial charge in [0.2, 0.25) is 0 Å². The van der Waals surface area contributed by atoms with Gasteiger partial charge in [-0.15, -0.1) is 0 Å². The zero-order valence-electron chi connectivity index (χ0n) is 14.0. The molecule has 2 N–H and O–H groups in total. The molecular formula is C19H25NOS. The lowest BCUT2D eigenvalue weighted by atomic mass is 10.1. The standard InChI is InChI=1S/C15H15NOS.C4H10/c1-10-7-8-12(16)9-15(10)18-14-6-4-3-5-13(14)11(2)17;1-4(2)3/h3-9H,16H2,1-2H3;4H,1-3H3. The number of aryl methyl sites for hydroxylation is 1. The minimum atomic E-state index is 0.0830. The Labute approximate surface area is 138 Å². The number of anilines is 1. The van der Waals surface area contributed by atoms with Crippen LogP contribution in [0.2, 0.25) is 0 Å². The molecule has 0 bridgehead atoms. The van der Waals surface area contributed by atoms with Gasteiger partial charge in [-0.3, -0.25) is 4.79 Å². The lowest BCUT2D eigenvalue weighted by Gasteiger charge is -2.09. The van der Waals surface area contributed by atoms with Crippen molar-refractivity contribution in [3.05, 3.63) is 53.6 Å². The maximum Gasteiger partial charge on any atom is 0.160 e. The van der Waals surface area contributed by atoms with Crippen molar-refractivity contribution in [1.29, 1.82) is 0 Å². The second kappa shape index (κ2) is 8.64. The van der Waals surface area contributed by atoms with Crippen molar-refractivity contribution >= 4 is 23.2 Å². The second-order valence-corrected chi connectivity index (χ2v) is 7.00. The fraction of sp³-hybridized carbons (Fsp3) is 0.316. The van der Waals surface area contributed by atoms with Crippen LogP contribution in [0.4, 0.5) is 5.69 Å². The van der Waals surface area contributed by atoms with Gasteiger partial charge in [0.1, 0.15) is 0 Å². The summed E-state index contributed by atoms with van der Waals surface area (Å²) in [7, 11) is 0. The number of carbonyl (C=O) groups excluding carboxylic acids is 1. The van der Waals surface area contributed by atoms with Gasteiger partial charge in [0, 0.05) is 21.0 Å². The van der Waals surface area contributed by atoms with Crippen LogP contribution >= 0.6 is 11.8 Å². The number of nitrogen functional groups attached to an aromatic ring is 1. The quantitative estimate of drug-likeness (QED) is 0.593. The molecule has 2 aromatic rings. The first-order valence-corrected chi connectivity index (χ1v) is 8.26. The molecule has 0 heterocycles. The number of rotatable bonds is 3. The summed E-state index contributed by atoms with van der Waals surface area (Å²) in [5.74, 6) is 0.916. The SMILES string of the molecule is CC(=O)c1ccccc1Sc1cc(N)ccc1C.CC(C)C. The van der Waals surface area contributed by atoms with Crippen molar-refractivity contribution in [2.75, 3.05) is 5.73 Å². The molecule has 0 aliphatic rings. The summed E-state index contributed by atoms with van der Waals surface area (Å²) >= 11 is 1.58. The molecule has 118 valence electrons. The third-order valence-electron chi connectivity index (χ3n) is 2.70. The van der Waals surface area contributed by atoms with Gasteiger partial charge in [-0.05, 0) is 43.5 Å². The minimum absolute atomic E-state index is 0.0830. The molecule has 0 radical (unpaired) electrons. The summed E-state index contributed by atoms with van der Waals surface area (Å²) < 4.78 is 0. The Morgan fingerprint density at radius 3 is 2.23 bits per heavy atom. The molecule has 2 aromatic carbocycles. The maximum atomic E-state index is 11.6. The van der Waals surface area contributed by atoms with Crippen LogP contribution in [0.1, 0.15) is 43.6 Å². The molecule has 0 aliphatic heterocycles. The van der Waals surface area contributed by atoms with Crippen molar-refractivity contribution < 1.29 is 4.79 Å². The Kier molecular flexibility index (Phi) is 7.19. The predicted octanol–water partition coefficient (Wildman–Crippen LogP) is 5.59. The predicted molar refractivity (Wildman–Crippen MR) is 96.7 cm³/mol. The van der Waals surface area contributed by atoms with E-state index in [0.717, 1.165) is 32.5 Å². The first kappa shape index (κ1) is 18.3. The third-order valence-corrected chi connectivity index (χ3v) is 3.93. The average Bonchev–Trinajstić information content (AvgIpc) is 2.42. The highest BCUT2D eigenvalue weighted by Gasteiger charge is 2.09. The molecule has 3 heteroatoms. The van der Waals surface area contributed by atoms with Gasteiger partial charge >= 0.3 is 0 Å². The normalized spacial score (nSPS) is 10.1. The summed E-state index contributed by atoms with van der Waals surface area (Å²) in [6, 6.07) is 13.5. The first-order chi connectivity index (χ1) is 10.3. The molecule has 0 fully saturated rings. The average molecular weight is 315 g/mol. The van der Waals surface area contributed by atoms with E-state index in [1.54, 1.807) is 18.7 Å². The summed E-state index contributed by atoms with van der Waals surface area (Å²) in [6.45, 7) is 10.1. The van der Waals surface area contributed by atoms with Crippen LogP contribution in [0.25, 0.3) is 0 Å². The molecule has 2 rings (SSSR count). The Morgan fingerprint density at radius 1 is 1.05 bits per heavy atom. The van der Waals surface area contributed by atoms with E-state index < -0.39 is 0 Å². The van der Waals surface area contributed by atoms with E-state index in [9.17, 15) is 4.79 Å². The van der Waals surface area contributed by atoms with Crippen LogP contribution in [-0.2, 0) is 0 Å². The second-order valence-electron chi connectivity index (χ2n) is 5.91. The monoisotopic (exact) mass is 315 g/mol. The number of Topliss-reactive ketones (excluding diaryl/α,β-unsaturated/α-hetero) is 1. The molecule has 0 amide bonds. The van der Waals surface area contributed by atoms with Crippen molar-refractivity contribution in [3.63, 3.8) is 0 Å². The highest BCUT2D eigenvalue weighted by atomic mass is 32.2. The highest BCUT2D eigenvalue weighted by molar-refractivity contribution is 7.99. The fourth-order valence-electron chi connectivity index (χ4n) is 1.69. The zero-order chi connectivity index (χ0) is 16.7. The van der Waals surface area contributed by atoms with E-state index in [1.165, 1.54) is 0 Å². The molecule has 2 nitrogen and oxygen atoms in total. The first-order valence-electron chi connectivity index (χ1n) is 7.45. The third kappa shape index (κ3) is 5.94. The minimum Gasteiger partial charge on any atom is -0.399 e. The number of nitrogens with two attached hydrogens (primary N) is 1. The van der Waals surface area contributed by atoms with Crippen molar-refractivity contribution in [2.45, 2.75) is 44.4 Å². The van der Waals surface area contributed by atoms with Crippen molar-refractivity contribution in [3.8, 4) is 0 Å². The number of carbonyl (C=O) groups is 1. The lowest BCUT2D eigenvalue weighted by molar-refractivity contribution is 0.101. The van der Waals surface area contributed by atoms with Gasteiger partial charge in [-0.25, -0.2) is 0 Å². The number of hydrogen-bond acceptors (Lipinski definition) is 3. The van der Waals surface area contributed by atoms with Gasteiger partial charge in [0.05, 0.1) is 0 Å². The van der Waals surface area contributed by atoms with Crippen LogP contribution in [0, 0.1) is 12.8 Å². The summed E-state index contributed by atoms with van der Waals surface area (Å²) in [5.41, 5.74) is 8.45. The number of ketones is 1. The molecule has 0 spiro atoms. The van der Waals surface area contributed by atoms with Crippen LogP contribution in [0.15, 0.2) is 52.3 Å². The van der Waals surface area contributed by atoms with E-state index in [4.69, 9.17) is 5.73 Å². The molecule has 0 aliphatic carbocycles. The lowest BCUT2D eigenvalue weighted by Crippen LogP contribution is -1.95. The van der Waals surface area contributed by atoms with E-state index in [1.807, 2.05) is 49.4 Å². The van der Waals surface area contributed by atoms with Crippen LogP contribution in [0.3, 0.4) is 0 Å². The van der Waals surface area contributed by atoms with Gasteiger partial charge in [0.25, 0.3) is 0 Å². The van der Waals surface area contributed by atoms with Crippen molar-refractivity contribution in [2.24, 2.45) is 5.92 Å².